The second-order valence-corrected chi connectivity index (χ2v) is 5.50. The minimum atomic E-state index is -0.844. The fourth-order valence-electron chi connectivity index (χ4n) is 2.74. The van der Waals surface area contributed by atoms with Crippen LogP contribution in [-0.4, -0.2) is 56.4 Å². The molecule has 3 rings (SSSR count). The summed E-state index contributed by atoms with van der Waals surface area (Å²) >= 11 is 0. The van der Waals surface area contributed by atoms with E-state index in [1.807, 2.05) is 0 Å². The number of rotatable bonds is 3. The highest BCUT2D eigenvalue weighted by molar-refractivity contribution is 5.92. The lowest BCUT2D eigenvalue weighted by Crippen LogP contribution is -2.31. The van der Waals surface area contributed by atoms with Gasteiger partial charge in [0.05, 0.1) is 6.61 Å². The summed E-state index contributed by atoms with van der Waals surface area (Å²) in [5.74, 6) is -2.07. The molecular weight excluding hydrogens is 282 g/mol. The van der Waals surface area contributed by atoms with Gasteiger partial charge in [-0.15, -0.1) is 0 Å². The minimum absolute atomic E-state index is 0.249. The molecule has 2 aliphatic rings. The number of aromatic nitrogens is 2. The van der Waals surface area contributed by atoms with Crippen molar-refractivity contribution in [1.29, 1.82) is 0 Å². The van der Waals surface area contributed by atoms with E-state index in [2.05, 4.69) is 4.98 Å². The van der Waals surface area contributed by atoms with Crippen LogP contribution in [0.3, 0.4) is 0 Å². The molecule has 1 amide bonds. The molecule has 0 saturated carbocycles. The molecule has 0 aliphatic carbocycles. The molecule has 3 heterocycles. The Hall–Kier alpha value is -1.68. The number of aliphatic hydroxyl groups excluding tert-OH is 1. The molecule has 116 valence electrons. The van der Waals surface area contributed by atoms with Crippen LogP contribution >= 0.6 is 0 Å². The number of aromatic hydroxyl groups is 1. The number of carbonyl (C=O) groups excluding carboxylic acids is 1. The number of carbonyl (C=O) groups is 1. The Kier molecular flexibility index (Phi) is 3.17. The SMILES string of the molecule is CC1(C)O[C@@H]2[C@H](O1)C(CO)O[C@H]2n1cnc(C(N)=O)c1O. The molecule has 0 aromatic carbocycles. The van der Waals surface area contributed by atoms with Crippen molar-refractivity contribution >= 4 is 5.91 Å². The first-order valence-corrected chi connectivity index (χ1v) is 6.51. The Morgan fingerprint density at radius 1 is 1.48 bits per heavy atom. The fourth-order valence-corrected chi connectivity index (χ4v) is 2.74. The number of imidazole rings is 1. The first-order chi connectivity index (χ1) is 9.84. The molecule has 2 aliphatic heterocycles. The maximum atomic E-state index is 11.2. The molecule has 2 fully saturated rings. The van der Waals surface area contributed by atoms with Gasteiger partial charge in [0.1, 0.15) is 24.6 Å². The van der Waals surface area contributed by atoms with Crippen LogP contribution in [0.15, 0.2) is 6.33 Å². The van der Waals surface area contributed by atoms with Gasteiger partial charge in [0, 0.05) is 0 Å². The third kappa shape index (κ3) is 2.18. The number of ether oxygens (including phenoxy) is 3. The summed E-state index contributed by atoms with van der Waals surface area (Å²) in [6.45, 7) is 3.24. The van der Waals surface area contributed by atoms with Crippen LogP contribution < -0.4 is 5.73 Å². The second-order valence-electron chi connectivity index (χ2n) is 5.50. The van der Waals surface area contributed by atoms with Gasteiger partial charge in [0.25, 0.3) is 5.91 Å². The van der Waals surface area contributed by atoms with E-state index in [1.54, 1.807) is 13.8 Å². The normalized spacial score (nSPS) is 34.0. The van der Waals surface area contributed by atoms with Crippen LogP contribution in [0.1, 0.15) is 30.6 Å². The number of hydrogen-bond donors (Lipinski definition) is 3. The molecule has 9 nitrogen and oxygen atoms in total. The highest BCUT2D eigenvalue weighted by atomic mass is 16.8. The Labute approximate surface area is 120 Å². The van der Waals surface area contributed by atoms with Gasteiger partial charge in [-0.2, -0.15) is 0 Å². The molecule has 0 spiro atoms. The van der Waals surface area contributed by atoms with Crippen molar-refractivity contribution in [1.82, 2.24) is 9.55 Å². The molecule has 0 radical (unpaired) electrons. The molecule has 0 bridgehead atoms. The van der Waals surface area contributed by atoms with Crippen LogP contribution in [-0.2, 0) is 14.2 Å². The van der Waals surface area contributed by atoms with Crippen LogP contribution in [0.25, 0.3) is 0 Å². The average molecular weight is 299 g/mol. The lowest BCUT2D eigenvalue weighted by Gasteiger charge is -2.24. The Balaban J connectivity index is 1.94. The Morgan fingerprint density at radius 3 is 2.71 bits per heavy atom. The van der Waals surface area contributed by atoms with Gasteiger partial charge in [0.2, 0.25) is 5.88 Å². The van der Waals surface area contributed by atoms with Crippen LogP contribution in [0.2, 0.25) is 0 Å². The zero-order valence-electron chi connectivity index (χ0n) is 11.6. The number of primary amides is 1. The highest BCUT2D eigenvalue weighted by Crippen LogP contribution is 2.44. The van der Waals surface area contributed by atoms with Gasteiger partial charge >= 0.3 is 0 Å². The zero-order valence-corrected chi connectivity index (χ0v) is 11.6. The summed E-state index contributed by atoms with van der Waals surface area (Å²) in [6, 6.07) is 0. The van der Waals surface area contributed by atoms with E-state index in [-0.39, 0.29) is 12.3 Å². The maximum Gasteiger partial charge on any atom is 0.272 e. The summed E-state index contributed by atoms with van der Waals surface area (Å²) in [5, 5.41) is 19.4. The van der Waals surface area contributed by atoms with Gasteiger partial charge < -0.3 is 30.2 Å². The van der Waals surface area contributed by atoms with Crippen molar-refractivity contribution in [2.24, 2.45) is 5.73 Å². The maximum absolute atomic E-state index is 11.2. The van der Waals surface area contributed by atoms with E-state index >= 15 is 0 Å². The predicted molar refractivity (Wildman–Crippen MR) is 67.2 cm³/mol. The van der Waals surface area contributed by atoms with E-state index in [0.717, 1.165) is 0 Å². The van der Waals surface area contributed by atoms with E-state index in [1.165, 1.54) is 10.9 Å². The molecule has 4 N–H and O–H groups in total. The molecule has 9 heteroatoms. The van der Waals surface area contributed by atoms with Gasteiger partial charge in [0.15, 0.2) is 17.7 Å². The molecule has 1 aromatic heterocycles. The fraction of sp³-hybridized carbons (Fsp3) is 0.667. The van der Waals surface area contributed by atoms with Crippen molar-refractivity contribution < 1.29 is 29.2 Å². The monoisotopic (exact) mass is 299 g/mol. The van der Waals surface area contributed by atoms with E-state index in [9.17, 15) is 15.0 Å². The first kappa shape index (κ1) is 14.3. The molecular formula is C12H17N3O6. The highest BCUT2D eigenvalue weighted by Gasteiger charge is 2.56. The largest absolute Gasteiger partial charge is 0.493 e. The van der Waals surface area contributed by atoms with Crippen molar-refractivity contribution in [3.8, 4) is 5.88 Å². The number of fused-ring (bicyclic) bond motifs is 1. The van der Waals surface area contributed by atoms with E-state index < -0.39 is 42.1 Å². The zero-order chi connectivity index (χ0) is 15.4. The predicted octanol–water partition coefficient (Wildman–Crippen LogP) is -0.903. The number of aliphatic hydroxyl groups is 1. The average Bonchev–Trinajstić information content (AvgIpc) is 3.00. The first-order valence-electron chi connectivity index (χ1n) is 6.51. The summed E-state index contributed by atoms with van der Waals surface area (Å²) < 4.78 is 18.4. The van der Waals surface area contributed by atoms with Gasteiger partial charge in [-0.3, -0.25) is 9.36 Å². The van der Waals surface area contributed by atoms with Gasteiger partial charge in [-0.25, -0.2) is 4.98 Å². The smallest absolute Gasteiger partial charge is 0.272 e. The number of hydrogen-bond acceptors (Lipinski definition) is 7. The molecule has 21 heavy (non-hydrogen) atoms. The van der Waals surface area contributed by atoms with E-state index in [0.29, 0.717) is 0 Å². The minimum Gasteiger partial charge on any atom is -0.493 e. The quantitative estimate of drug-likeness (QED) is 0.659. The molecule has 1 unspecified atom stereocenters. The summed E-state index contributed by atoms with van der Waals surface area (Å²) in [5.41, 5.74) is 4.87. The number of nitrogens with zero attached hydrogens (tertiary/aromatic N) is 2. The third-order valence-electron chi connectivity index (χ3n) is 3.58. The summed E-state index contributed by atoms with van der Waals surface area (Å²) in [6.07, 6.45) is -1.15. The summed E-state index contributed by atoms with van der Waals surface area (Å²) in [7, 11) is 0. The van der Waals surface area contributed by atoms with Crippen molar-refractivity contribution in [2.75, 3.05) is 6.61 Å². The second kappa shape index (κ2) is 4.67. The number of amides is 1. The Morgan fingerprint density at radius 2 is 2.14 bits per heavy atom. The topological polar surface area (TPSA) is 129 Å². The van der Waals surface area contributed by atoms with Crippen molar-refractivity contribution in [3.05, 3.63) is 12.0 Å². The number of nitrogens with two attached hydrogens (primary N) is 1. The third-order valence-corrected chi connectivity index (χ3v) is 3.58. The standard InChI is InChI=1S/C12H17N3O6/c1-12(2)20-7-5(3-16)19-11(8(7)21-12)15-4-14-6(9(13)17)10(15)18/h4-5,7-8,11,16,18H,3H2,1-2H3,(H2,13,17)/t5?,7-,8-,11-/m1/s1. The van der Waals surface area contributed by atoms with Crippen LogP contribution in [0.5, 0.6) is 5.88 Å². The lowest BCUT2D eigenvalue weighted by atomic mass is 10.1. The lowest BCUT2D eigenvalue weighted by molar-refractivity contribution is -0.200. The molecule has 1 aromatic rings. The Bertz CT molecular complexity index is 571. The summed E-state index contributed by atoms with van der Waals surface area (Å²) in [4.78, 5) is 14.9. The van der Waals surface area contributed by atoms with Crippen molar-refractivity contribution in [3.63, 3.8) is 0 Å². The molecule has 4 atom stereocenters. The van der Waals surface area contributed by atoms with E-state index in [4.69, 9.17) is 19.9 Å². The van der Waals surface area contributed by atoms with Crippen molar-refractivity contribution in [2.45, 2.75) is 44.2 Å². The van der Waals surface area contributed by atoms with Gasteiger partial charge in [-0.05, 0) is 13.8 Å². The van der Waals surface area contributed by atoms with Crippen LogP contribution in [0.4, 0.5) is 0 Å². The van der Waals surface area contributed by atoms with Crippen LogP contribution in [0, 0.1) is 0 Å². The molecule has 2 saturated heterocycles. The van der Waals surface area contributed by atoms with Gasteiger partial charge in [-0.1, -0.05) is 0 Å².